The van der Waals surface area contributed by atoms with Crippen molar-refractivity contribution in [2.75, 3.05) is 27.4 Å². The molecule has 0 amide bonds. The summed E-state index contributed by atoms with van der Waals surface area (Å²) in [6.45, 7) is 2.40. The largest absolute Gasteiger partial charge is 0.497 e. The first-order chi connectivity index (χ1) is 31.3. The van der Waals surface area contributed by atoms with Crippen LogP contribution in [-0.4, -0.2) is 81.0 Å². The molecule has 5 heterocycles. The van der Waals surface area contributed by atoms with Gasteiger partial charge in [-0.3, -0.25) is 37.8 Å². The quantitative estimate of drug-likeness (QED) is 0.0924. The molecule has 2 saturated heterocycles. The highest BCUT2D eigenvalue weighted by Gasteiger charge is 2.47. The summed E-state index contributed by atoms with van der Waals surface area (Å²) in [6.07, 6.45) is -2.39. The Morgan fingerprint density at radius 1 is 0.708 bits per heavy atom. The molecule has 0 saturated carbocycles. The zero-order chi connectivity index (χ0) is 45.9. The van der Waals surface area contributed by atoms with Crippen LogP contribution in [-0.2, 0) is 33.4 Å². The molecule has 18 nitrogen and oxygen atoms in total. The van der Waals surface area contributed by atoms with E-state index in [4.69, 9.17) is 32.7 Å². The van der Waals surface area contributed by atoms with Gasteiger partial charge in [-0.25, -0.2) is 14.6 Å². The van der Waals surface area contributed by atoms with Crippen LogP contribution in [0, 0.1) is 13.8 Å². The van der Waals surface area contributed by atoms with Crippen molar-refractivity contribution in [1.82, 2.24) is 24.1 Å². The number of rotatable bonds is 16. The number of aromatic nitrogens is 5. The van der Waals surface area contributed by atoms with Gasteiger partial charge in [0, 0.05) is 42.6 Å². The van der Waals surface area contributed by atoms with Gasteiger partial charge in [-0.05, 0) is 66.9 Å². The second-order valence-corrected chi connectivity index (χ2v) is 17.6. The summed E-state index contributed by atoms with van der Waals surface area (Å²) >= 11 is 0. The molecule has 340 valence electrons. The van der Waals surface area contributed by atoms with Gasteiger partial charge in [0.05, 0.1) is 33.5 Å². The third-order valence-electron chi connectivity index (χ3n) is 11.5. The Hall–Kier alpha value is -6.24. The molecule has 3 N–H and O–H groups in total. The molecule has 19 heteroatoms. The van der Waals surface area contributed by atoms with Crippen LogP contribution in [0.2, 0.25) is 0 Å². The highest BCUT2D eigenvalue weighted by Crippen LogP contribution is 2.52. The van der Waals surface area contributed by atoms with Gasteiger partial charge in [0.15, 0.2) is 5.44 Å². The summed E-state index contributed by atoms with van der Waals surface area (Å²) in [5, 5.41) is 11.1. The van der Waals surface area contributed by atoms with Gasteiger partial charge in [0.25, 0.3) is 11.1 Å². The van der Waals surface area contributed by atoms with E-state index in [0.29, 0.717) is 11.5 Å². The van der Waals surface area contributed by atoms with Crippen molar-refractivity contribution < 1.29 is 42.4 Å². The van der Waals surface area contributed by atoms with Gasteiger partial charge >= 0.3 is 19.0 Å². The molecule has 8 rings (SSSR count). The maximum atomic E-state index is 15.3. The van der Waals surface area contributed by atoms with E-state index in [-0.39, 0.29) is 36.0 Å². The van der Waals surface area contributed by atoms with Gasteiger partial charge < -0.3 is 33.3 Å². The van der Waals surface area contributed by atoms with Gasteiger partial charge in [-0.2, -0.15) is 0 Å². The number of benzene rings is 3. The lowest BCUT2D eigenvalue weighted by atomic mass is 9.80. The highest BCUT2D eigenvalue weighted by atomic mass is 31.2. The van der Waals surface area contributed by atoms with Crippen LogP contribution in [0.4, 0.5) is 0 Å². The Balaban J connectivity index is 1.16. The van der Waals surface area contributed by atoms with E-state index in [0.717, 1.165) is 16.7 Å². The van der Waals surface area contributed by atoms with Crippen LogP contribution < -0.4 is 37.4 Å². The van der Waals surface area contributed by atoms with E-state index in [1.54, 1.807) is 33.3 Å². The average Bonchev–Trinajstić information content (AvgIpc) is 3.90. The molecule has 0 aliphatic carbocycles. The van der Waals surface area contributed by atoms with E-state index < -0.39 is 79.2 Å². The molecular formula is C46H48N5O13P. The maximum absolute atomic E-state index is 15.3. The summed E-state index contributed by atoms with van der Waals surface area (Å²) in [7, 11) is -1.33. The SMILES string of the molecule is COc1ccc(C(OC[C@H]2O[C@@H](n3cc(C)c(=O)[nH]c3=O)C[C@@H]2OP(=O)(OC[C@H]2O[C@@H](n3cc(C)c(=O)[nH]c3=O)C[C@@H]2O)c2ccccn2)(c2ccccc2)c2ccc(OC)cc2)cc1. The van der Waals surface area contributed by atoms with E-state index in [9.17, 15) is 24.3 Å². The zero-order valence-corrected chi connectivity index (χ0v) is 36.8. The number of nitrogens with one attached hydrogen (secondary N) is 2. The summed E-state index contributed by atoms with van der Waals surface area (Å²) in [5.41, 5.74) is -1.21. The van der Waals surface area contributed by atoms with Crippen molar-refractivity contribution in [3.8, 4) is 11.5 Å². The van der Waals surface area contributed by atoms with Gasteiger partial charge in [-0.1, -0.05) is 60.7 Å². The molecule has 2 aliphatic heterocycles. The van der Waals surface area contributed by atoms with Crippen molar-refractivity contribution >= 4 is 13.0 Å². The highest BCUT2D eigenvalue weighted by molar-refractivity contribution is 7.61. The smallest absolute Gasteiger partial charge is 0.379 e. The number of aliphatic hydroxyl groups is 1. The van der Waals surface area contributed by atoms with Crippen LogP contribution in [0.1, 0.15) is 53.1 Å². The lowest BCUT2D eigenvalue weighted by Gasteiger charge is -2.37. The molecule has 2 aliphatic rings. The average molecular weight is 910 g/mol. The molecule has 0 radical (unpaired) electrons. The summed E-state index contributed by atoms with van der Waals surface area (Å²) in [5.74, 6) is 1.25. The second-order valence-electron chi connectivity index (χ2n) is 15.7. The fraction of sp³-hybridized carbons (Fsp3) is 0.326. The Kier molecular flexibility index (Phi) is 13.3. The minimum atomic E-state index is -4.48. The molecule has 7 atom stereocenters. The van der Waals surface area contributed by atoms with Gasteiger partial charge in [0.1, 0.15) is 47.9 Å². The minimum Gasteiger partial charge on any atom is -0.497 e. The number of pyridine rings is 1. The molecule has 2 fully saturated rings. The third-order valence-corrected chi connectivity index (χ3v) is 13.4. The topological polar surface area (TPSA) is 225 Å². The second kappa shape index (κ2) is 19.1. The van der Waals surface area contributed by atoms with Crippen molar-refractivity contribution in [1.29, 1.82) is 0 Å². The van der Waals surface area contributed by atoms with Crippen LogP contribution >= 0.6 is 7.60 Å². The number of methoxy groups -OCH3 is 2. The summed E-state index contributed by atoms with van der Waals surface area (Å²) in [6, 6.07) is 29.2. The van der Waals surface area contributed by atoms with Crippen LogP contribution in [0.5, 0.6) is 11.5 Å². The molecule has 0 spiro atoms. The standard InChI is InChI=1S/C46H48N5O13P/c1-28-24-50(44(55)48-42(28)53)40-22-35(52)37(62-40)27-61-65(57,39-12-8-9-21-47-39)64-36-23-41(51-25-29(2)43(54)49-45(51)56)63-38(36)26-60-46(30-10-6-5-7-11-30,31-13-17-33(58-3)18-14-31)32-15-19-34(59-4)20-16-32/h5-21,24-25,35-38,40-41,52H,22-23,26-27H2,1-4H3,(H,48,53,55)(H,49,54,56)/t35-,36-,37+,38+,40+,41+,65?/m0/s1. The minimum absolute atomic E-state index is 0.0371. The number of ether oxygens (including phenoxy) is 5. The number of aryl methyl sites for hydroxylation is 2. The first-order valence-corrected chi connectivity index (χ1v) is 22.3. The van der Waals surface area contributed by atoms with Crippen molar-refractivity contribution in [3.63, 3.8) is 0 Å². The number of H-pyrrole nitrogens is 2. The number of aliphatic hydroxyl groups excluding tert-OH is 1. The summed E-state index contributed by atoms with van der Waals surface area (Å²) in [4.78, 5) is 59.4. The Morgan fingerprint density at radius 2 is 1.23 bits per heavy atom. The van der Waals surface area contributed by atoms with Gasteiger partial charge in [-0.15, -0.1) is 0 Å². The third kappa shape index (κ3) is 9.33. The lowest BCUT2D eigenvalue weighted by Crippen LogP contribution is -2.39. The van der Waals surface area contributed by atoms with Crippen molar-refractivity contribution in [2.45, 2.75) is 69.2 Å². The normalized spacial score (nSPS) is 21.8. The van der Waals surface area contributed by atoms with E-state index in [1.807, 2.05) is 78.9 Å². The molecule has 3 aromatic carbocycles. The Labute approximate surface area is 371 Å². The fourth-order valence-electron chi connectivity index (χ4n) is 8.07. The van der Waals surface area contributed by atoms with E-state index >= 15 is 4.57 Å². The predicted molar refractivity (Wildman–Crippen MR) is 236 cm³/mol. The van der Waals surface area contributed by atoms with Crippen LogP contribution in [0.25, 0.3) is 0 Å². The van der Waals surface area contributed by atoms with Crippen LogP contribution in [0.3, 0.4) is 0 Å². The lowest BCUT2D eigenvalue weighted by molar-refractivity contribution is -0.0931. The summed E-state index contributed by atoms with van der Waals surface area (Å²) < 4.78 is 61.2. The maximum Gasteiger partial charge on any atom is 0.379 e. The molecule has 65 heavy (non-hydrogen) atoms. The van der Waals surface area contributed by atoms with E-state index in [2.05, 4.69) is 15.0 Å². The molecule has 1 unspecified atom stereocenters. The predicted octanol–water partition coefficient (Wildman–Crippen LogP) is 3.98. The number of aromatic amines is 2. The molecule has 6 aromatic rings. The van der Waals surface area contributed by atoms with E-state index in [1.165, 1.54) is 40.7 Å². The fourth-order valence-corrected chi connectivity index (χ4v) is 9.77. The first-order valence-electron chi connectivity index (χ1n) is 20.8. The number of nitrogens with zero attached hydrogens (tertiary/aromatic N) is 3. The van der Waals surface area contributed by atoms with Crippen molar-refractivity contribution in [3.05, 3.63) is 185 Å². The first kappa shape index (κ1) is 45.3. The molecule has 3 aromatic heterocycles. The van der Waals surface area contributed by atoms with Crippen LogP contribution in [0.15, 0.2) is 135 Å². The number of hydrogen-bond acceptors (Lipinski definition) is 14. The monoisotopic (exact) mass is 909 g/mol. The molecule has 0 bridgehead atoms. The zero-order valence-electron chi connectivity index (χ0n) is 35.9. The molecular weight excluding hydrogens is 862 g/mol. The van der Waals surface area contributed by atoms with Gasteiger partial charge in [0.2, 0.25) is 0 Å². The Morgan fingerprint density at radius 3 is 1.77 bits per heavy atom. The number of hydrogen-bond donors (Lipinski definition) is 3. The van der Waals surface area contributed by atoms with Crippen molar-refractivity contribution in [2.24, 2.45) is 0 Å². The Bertz CT molecular complexity index is 2840.